The summed E-state index contributed by atoms with van der Waals surface area (Å²) in [6.45, 7) is 0.279. The molecule has 2 unspecified atom stereocenters. The summed E-state index contributed by atoms with van der Waals surface area (Å²) in [6.07, 6.45) is 10.9. The standard InChI is InChI=1S/C30H29ClF3N5O/c31-22-14-23-24(39-29(28(23)38-18-22)25(40)13-19-6-4-2-1-3-5-7-19)12-20-9-11-27(36-15-20)37-17-21-8-10-26(35-16-21)30(32,33)34/h4,6,8-11,14-16,18-19,29H,1-3,5,7,12-13,17H2,(H,36,37)/b6-4+. The highest BCUT2D eigenvalue weighted by molar-refractivity contribution is 6.31. The molecule has 6 nitrogen and oxygen atoms in total. The summed E-state index contributed by atoms with van der Waals surface area (Å²) >= 11 is 6.25. The van der Waals surface area contributed by atoms with E-state index in [-0.39, 0.29) is 18.2 Å². The van der Waals surface area contributed by atoms with Crippen LogP contribution in [0.25, 0.3) is 0 Å². The molecule has 10 heteroatoms. The first-order valence-corrected chi connectivity index (χ1v) is 13.8. The van der Waals surface area contributed by atoms with Gasteiger partial charge in [-0.2, -0.15) is 13.2 Å². The maximum atomic E-state index is 13.4. The van der Waals surface area contributed by atoms with Crippen molar-refractivity contribution in [2.45, 2.75) is 63.7 Å². The Labute approximate surface area is 235 Å². The summed E-state index contributed by atoms with van der Waals surface area (Å²) in [6, 6.07) is 7.22. The molecule has 208 valence electrons. The summed E-state index contributed by atoms with van der Waals surface area (Å²) in [7, 11) is 0. The van der Waals surface area contributed by atoms with Crippen LogP contribution in [0.2, 0.25) is 5.02 Å². The number of pyridine rings is 3. The molecular formula is C30H29ClF3N5O. The zero-order valence-corrected chi connectivity index (χ0v) is 22.5. The third-order valence-electron chi connectivity index (χ3n) is 7.15. The summed E-state index contributed by atoms with van der Waals surface area (Å²) in [4.78, 5) is 30.6. The number of alkyl halides is 3. The average Bonchev–Trinajstić information content (AvgIpc) is 3.27. The molecule has 0 aromatic carbocycles. The van der Waals surface area contributed by atoms with Crippen molar-refractivity contribution in [2.24, 2.45) is 10.9 Å². The van der Waals surface area contributed by atoms with E-state index >= 15 is 0 Å². The Kier molecular flexibility index (Phi) is 8.59. The molecule has 1 aliphatic heterocycles. The highest BCUT2D eigenvalue weighted by Gasteiger charge is 2.33. The van der Waals surface area contributed by atoms with Crippen molar-refractivity contribution in [3.63, 3.8) is 0 Å². The molecule has 3 aromatic heterocycles. The fourth-order valence-electron chi connectivity index (χ4n) is 5.04. The maximum Gasteiger partial charge on any atom is 0.433 e. The molecule has 0 saturated carbocycles. The topological polar surface area (TPSA) is 80.1 Å². The second-order valence-electron chi connectivity index (χ2n) is 10.2. The highest BCUT2D eigenvalue weighted by atomic mass is 35.5. The van der Waals surface area contributed by atoms with Gasteiger partial charge in [0.05, 0.1) is 10.7 Å². The molecule has 0 spiro atoms. The van der Waals surface area contributed by atoms with Crippen LogP contribution < -0.4 is 5.32 Å². The van der Waals surface area contributed by atoms with Crippen LogP contribution in [0.15, 0.2) is 66.1 Å². The minimum atomic E-state index is -4.46. The van der Waals surface area contributed by atoms with E-state index in [0.29, 0.717) is 34.9 Å². The normalized spacial score (nSPS) is 19.8. The van der Waals surface area contributed by atoms with Crippen LogP contribution in [-0.4, -0.2) is 26.4 Å². The number of rotatable bonds is 8. The van der Waals surface area contributed by atoms with Gasteiger partial charge < -0.3 is 5.32 Å². The Hall–Kier alpha value is -3.59. The number of aromatic nitrogens is 3. The van der Waals surface area contributed by atoms with E-state index in [2.05, 4.69) is 32.4 Å². The number of carbonyl (C=O) groups is 1. The second-order valence-corrected chi connectivity index (χ2v) is 10.6. The number of ketones is 1. The quantitative estimate of drug-likeness (QED) is 0.288. The van der Waals surface area contributed by atoms with Gasteiger partial charge in [0.15, 0.2) is 11.8 Å². The molecule has 1 aliphatic carbocycles. The number of fused-ring (bicyclic) bond motifs is 1. The van der Waals surface area contributed by atoms with E-state index in [9.17, 15) is 18.0 Å². The Morgan fingerprint density at radius 2 is 1.82 bits per heavy atom. The van der Waals surface area contributed by atoms with Crippen LogP contribution in [-0.2, 0) is 23.9 Å². The van der Waals surface area contributed by atoms with Crippen molar-refractivity contribution in [2.75, 3.05) is 5.32 Å². The first-order chi connectivity index (χ1) is 19.3. The summed E-state index contributed by atoms with van der Waals surface area (Å²) in [5.74, 6) is 0.865. The molecule has 0 amide bonds. The Morgan fingerprint density at radius 3 is 2.58 bits per heavy atom. The molecular weight excluding hydrogens is 539 g/mol. The van der Waals surface area contributed by atoms with E-state index in [0.717, 1.165) is 42.2 Å². The predicted molar refractivity (Wildman–Crippen MR) is 148 cm³/mol. The number of carbonyl (C=O) groups excluding carboxylic acids is 1. The lowest BCUT2D eigenvalue weighted by Crippen LogP contribution is -2.15. The first-order valence-electron chi connectivity index (χ1n) is 13.4. The number of allylic oxidation sites excluding steroid dienone is 2. The van der Waals surface area contributed by atoms with Gasteiger partial charge >= 0.3 is 6.18 Å². The summed E-state index contributed by atoms with van der Waals surface area (Å²) in [5.41, 5.74) is 2.75. The number of aliphatic imine (C=N–C) groups is 1. The number of anilines is 1. The lowest BCUT2D eigenvalue weighted by Gasteiger charge is -2.16. The minimum absolute atomic E-state index is 0.0664. The number of Topliss-reactive ketones (excluding diaryl/α,β-unsaturated/α-hetero) is 1. The maximum absolute atomic E-state index is 13.4. The summed E-state index contributed by atoms with van der Waals surface area (Å²) in [5, 5.41) is 3.58. The smallest absolute Gasteiger partial charge is 0.366 e. The molecule has 1 N–H and O–H groups in total. The van der Waals surface area contributed by atoms with Gasteiger partial charge in [0, 0.05) is 49.3 Å². The van der Waals surface area contributed by atoms with Crippen LogP contribution in [0.4, 0.5) is 19.0 Å². The number of halogens is 4. The molecule has 0 saturated heterocycles. The van der Waals surface area contributed by atoms with Gasteiger partial charge in [0.1, 0.15) is 11.5 Å². The fraction of sp³-hybridized carbons (Fsp3) is 0.367. The van der Waals surface area contributed by atoms with Crippen molar-refractivity contribution in [1.82, 2.24) is 15.0 Å². The molecule has 3 aromatic rings. The number of nitrogens with one attached hydrogen (secondary N) is 1. The summed E-state index contributed by atoms with van der Waals surface area (Å²) < 4.78 is 38.1. The number of hydrogen-bond donors (Lipinski definition) is 1. The lowest BCUT2D eigenvalue weighted by molar-refractivity contribution is -0.141. The molecule has 0 bridgehead atoms. The molecule has 2 atom stereocenters. The Balaban J connectivity index is 1.25. The molecule has 40 heavy (non-hydrogen) atoms. The van der Waals surface area contributed by atoms with Crippen molar-refractivity contribution in [3.05, 3.63) is 94.2 Å². The number of nitrogens with zero attached hydrogens (tertiary/aromatic N) is 4. The van der Waals surface area contributed by atoms with E-state index in [1.54, 1.807) is 18.5 Å². The molecule has 0 radical (unpaired) electrons. The van der Waals surface area contributed by atoms with Crippen LogP contribution >= 0.6 is 11.6 Å². The van der Waals surface area contributed by atoms with Crippen molar-refractivity contribution >= 4 is 28.9 Å². The van der Waals surface area contributed by atoms with E-state index in [4.69, 9.17) is 16.6 Å². The van der Waals surface area contributed by atoms with E-state index < -0.39 is 17.9 Å². The molecule has 2 aliphatic rings. The van der Waals surface area contributed by atoms with Gasteiger partial charge in [-0.3, -0.25) is 19.8 Å². The third kappa shape index (κ3) is 6.94. The largest absolute Gasteiger partial charge is 0.433 e. The Morgan fingerprint density at radius 1 is 1.00 bits per heavy atom. The molecule has 4 heterocycles. The van der Waals surface area contributed by atoms with Gasteiger partial charge in [-0.1, -0.05) is 48.7 Å². The van der Waals surface area contributed by atoms with Gasteiger partial charge in [0.2, 0.25) is 0 Å². The van der Waals surface area contributed by atoms with Crippen LogP contribution in [0.1, 0.15) is 72.6 Å². The van der Waals surface area contributed by atoms with Crippen molar-refractivity contribution in [1.29, 1.82) is 0 Å². The van der Waals surface area contributed by atoms with Crippen LogP contribution in [0, 0.1) is 5.92 Å². The van der Waals surface area contributed by atoms with Gasteiger partial charge in [0.25, 0.3) is 0 Å². The second kappa shape index (κ2) is 12.3. The minimum Gasteiger partial charge on any atom is -0.366 e. The zero-order valence-electron chi connectivity index (χ0n) is 21.8. The molecule has 5 rings (SSSR count). The third-order valence-corrected chi connectivity index (χ3v) is 7.35. The fourth-order valence-corrected chi connectivity index (χ4v) is 5.20. The van der Waals surface area contributed by atoms with Crippen LogP contribution in [0.3, 0.4) is 0 Å². The predicted octanol–water partition coefficient (Wildman–Crippen LogP) is 7.34. The SMILES string of the molecule is O=C(CC1/C=C/CCCCC1)C1N=C(Cc2ccc(NCc3ccc(C(F)(F)F)nc3)nc2)c2cc(Cl)cnc21. The van der Waals surface area contributed by atoms with Gasteiger partial charge in [-0.25, -0.2) is 4.98 Å². The highest BCUT2D eigenvalue weighted by Crippen LogP contribution is 2.34. The first kappa shape index (κ1) is 28.0. The van der Waals surface area contributed by atoms with Gasteiger partial charge in [-0.15, -0.1) is 0 Å². The van der Waals surface area contributed by atoms with Gasteiger partial charge in [-0.05, 0) is 54.5 Å². The number of hydrogen-bond acceptors (Lipinski definition) is 6. The van der Waals surface area contributed by atoms with Crippen molar-refractivity contribution < 1.29 is 18.0 Å². The average molecular weight is 568 g/mol. The van der Waals surface area contributed by atoms with E-state index in [1.807, 2.05) is 12.1 Å². The molecule has 0 fully saturated rings. The lowest BCUT2D eigenvalue weighted by atomic mass is 9.90. The Bertz CT molecular complexity index is 1400. The van der Waals surface area contributed by atoms with E-state index in [1.165, 1.54) is 25.1 Å². The monoisotopic (exact) mass is 567 g/mol. The van der Waals surface area contributed by atoms with Crippen LogP contribution in [0.5, 0.6) is 0 Å². The van der Waals surface area contributed by atoms with Crippen molar-refractivity contribution in [3.8, 4) is 0 Å². The zero-order chi connectivity index (χ0) is 28.1.